The minimum Gasteiger partial charge on any atom is -0.353 e. The zero-order chi connectivity index (χ0) is 12.1. The Bertz CT molecular complexity index is 372. The summed E-state index contributed by atoms with van der Waals surface area (Å²) in [6.45, 7) is 2.01. The van der Waals surface area contributed by atoms with Gasteiger partial charge in [0.2, 0.25) is 5.91 Å². The number of thioether (sulfide) groups is 1. The van der Waals surface area contributed by atoms with E-state index in [4.69, 9.17) is 0 Å². The minimum absolute atomic E-state index is 0.129. The molecule has 0 saturated heterocycles. The zero-order valence-corrected chi connectivity index (χ0v) is 10.9. The van der Waals surface area contributed by atoms with Gasteiger partial charge in [0.1, 0.15) is 0 Å². The third-order valence-corrected chi connectivity index (χ3v) is 3.90. The molecule has 0 spiro atoms. The number of pyridine rings is 1. The molecule has 0 atom stereocenters. The highest BCUT2D eigenvalue weighted by Gasteiger charge is 2.16. The first kappa shape index (κ1) is 12.4. The van der Waals surface area contributed by atoms with Gasteiger partial charge in [-0.25, -0.2) is 4.98 Å². The van der Waals surface area contributed by atoms with Crippen molar-refractivity contribution < 1.29 is 4.79 Å². The van der Waals surface area contributed by atoms with Crippen molar-refractivity contribution >= 4 is 17.7 Å². The third-order valence-electron chi connectivity index (χ3n) is 2.96. The van der Waals surface area contributed by atoms with Crippen LogP contribution in [0.2, 0.25) is 0 Å². The van der Waals surface area contributed by atoms with Crippen LogP contribution < -0.4 is 5.32 Å². The molecule has 3 nitrogen and oxygen atoms in total. The van der Waals surface area contributed by atoms with Crippen molar-refractivity contribution in [1.29, 1.82) is 0 Å². The van der Waals surface area contributed by atoms with Gasteiger partial charge in [-0.1, -0.05) is 30.7 Å². The van der Waals surface area contributed by atoms with Crippen LogP contribution in [0.5, 0.6) is 0 Å². The number of rotatable bonds is 4. The average molecular weight is 250 g/mol. The van der Waals surface area contributed by atoms with Crippen LogP contribution in [-0.2, 0) is 4.79 Å². The van der Waals surface area contributed by atoms with Crippen LogP contribution >= 0.6 is 11.8 Å². The molecule has 1 aliphatic rings. The van der Waals surface area contributed by atoms with E-state index in [1.807, 2.05) is 25.3 Å². The number of nitrogens with one attached hydrogen (secondary N) is 1. The van der Waals surface area contributed by atoms with Gasteiger partial charge < -0.3 is 5.32 Å². The summed E-state index contributed by atoms with van der Waals surface area (Å²) < 4.78 is 0. The molecule has 4 heteroatoms. The molecule has 2 rings (SSSR count). The van der Waals surface area contributed by atoms with Crippen molar-refractivity contribution in [2.75, 3.05) is 5.75 Å². The number of carbonyl (C=O) groups excluding carboxylic acids is 1. The lowest BCUT2D eigenvalue weighted by molar-refractivity contribution is -0.119. The molecule has 92 valence electrons. The zero-order valence-electron chi connectivity index (χ0n) is 10.1. The van der Waals surface area contributed by atoms with E-state index in [0.717, 1.165) is 23.4 Å². The van der Waals surface area contributed by atoms with Crippen molar-refractivity contribution in [3.05, 3.63) is 23.9 Å². The van der Waals surface area contributed by atoms with Crippen LogP contribution in [0, 0.1) is 6.92 Å². The van der Waals surface area contributed by atoms with Crippen LogP contribution in [0.25, 0.3) is 0 Å². The number of aromatic nitrogens is 1. The van der Waals surface area contributed by atoms with Crippen molar-refractivity contribution in [3.8, 4) is 0 Å². The molecule has 0 bridgehead atoms. The van der Waals surface area contributed by atoms with Gasteiger partial charge in [0.05, 0.1) is 10.8 Å². The predicted octanol–water partition coefficient (Wildman–Crippen LogP) is 2.54. The summed E-state index contributed by atoms with van der Waals surface area (Å²) in [5, 5.41) is 3.99. The van der Waals surface area contributed by atoms with Crippen LogP contribution in [0.15, 0.2) is 23.4 Å². The van der Waals surface area contributed by atoms with Crippen molar-refractivity contribution in [3.63, 3.8) is 0 Å². The summed E-state index contributed by atoms with van der Waals surface area (Å²) in [5.74, 6) is 0.594. The number of carbonyl (C=O) groups is 1. The number of hydrogen-bond acceptors (Lipinski definition) is 3. The Morgan fingerprint density at radius 3 is 2.88 bits per heavy atom. The normalized spacial score (nSPS) is 16.1. The maximum atomic E-state index is 11.7. The van der Waals surface area contributed by atoms with E-state index < -0.39 is 0 Å². The lowest BCUT2D eigenvalue weighted by atomic mass is 10.2. The van der Waals surface area contributed by atoms with E-state index in [0.29, 0.717) is 11.8 Å². The molecule has 1 aliphatic carbocycles. The second kappa shape index (κ2) is 6.05. The lowest BCUT2D eigenvalue weighted by Crippen LogP contribution is -2.33. The van der Waals surface area contributed by atoms with E-state index in [1.165, 1.54) is 24.6 Å². The van der Waals surface area contributed by atoms with E-state index in [-0.39, 0.29) is 5.91 Å². The second-order valence-corrected chi connectivity index (χ2v) is 5.51. The first-order valence-electron chi connectivity index (χ1n) is 6.09. The van der Waals surface area contributed by atoms with Crippen LogP contribution in [0.3, 0.4) is 0 Å². The summed E-state index contributed by atoms with van der Waals surface area (Å²) >= 11 is 1.50. The lowest BCUT2D eigenvalue weighted by Gasteiger charge is -2.11. The summed E-state index contributed by atoms with van der Waals surface area (Å²) in [4.78, 5) is 15.9. The van der Waals surface area contributed by atoms with Gasteiger partial charge in [-0.05, 0) is 31.4 Å². The van der Waals surface area contributed by atoms with Gasteiger partial charge in [-0.3, -0.25) is 4.79 Å². The Hall–Kier alpha value is -1.03. The predicted molar refractivity (Wildman–Crippen MR) is 70.1 cm³/mol. The van der Waals surface area contributed by atoms with E-state index in [2.05, 4.69) is 10.3 Å². The summed E-state index contributed by atoms with van der Waals surface area (Å²) in [6.07, 6.45) is 6.60. The smallest absolute Gasteiger partial charge is 0.230 e. The highest BCUT2D eigenvalue weighted by molar-refractivity contribution is 7.99. The second-order valence-electron chi connectivity index (χ2n) is 4.51. The number of aryl methyl sites for hydroxylation is 1. The molecule has 1 saturated carbocycles. The Morgan fingerprint density at radius 1 is 1.47 bits per heavy atom. The Labute approximate surface area is 106 Å². The van der Waals surface area contributed by atoms with E-state index in [1.54, 1.807) is 0 Å². The molecule has 17 heavy (non-hydrogen) atoms. The van der Waals surface area contributed by atoms with Gasteiger partial charge >= 0.3 is 0 Å². The molecule has 1 heterocycles. The van der Waals surface area contributed by atoms with Gasteiger partial charge in [0.15, 0.2) is 0 Å². The summed E-state index contributed by atoms with van der Waals surface area (Å²) in [6, 6.07) is 4.39. The van der Waals surface area contributed by atoms with Crippen LogP contribution in [0.4, 0.5) is 0 Å². The largest absolute Gasteiger partial charge is 0.353 e. The third kappa shape index (κ3) is 4.04. The molecular formula is C13H18N2OS. The molecule has 1 fully saturated rings. The Kier molecular flexibility index (Phi) is 4.42. The highest BCUT2D eigenvalue weighted by atomic mass is 32.2. The topological polar surface area (TPSA) is 42.0 Å². The van der Waals surface area contributed by atoms with Gasteiger partial charge in [0.25, 0.3) is 0 Å². The monoisotopic (exact) mass is 250 g/mol. The first-order chi connectivity index (χ1) is 8.24. The Balaban J connectivity index is 1.73. The standard InChI is InChI=1S/C13H18N2OS/c1-10-6-7-13(14-8-10)17-9-12(16)15-11-4-2-3-5-11/h6-8,11H,2-5,9H2,1H3,(H,15,16). The van der Waals surface area contributed by atoms with Gasteiger partial charge in [0, 0.05) is 12.2 Å². The van der Waals surface area contributed by atoms with E-state index >= 15 is 0 Å². The number of hydrogen-bond donors (Lipinski definition) is 1. The van der Waals surface area contributed by atoms with Crippen LogP contribution in [0.1, 0.15) is 31.2 Å². The highest BCUT2D eigenvalue weighted by Crippen LogP contribution is 2.19. The molecule has 0 aromatic carbocycles. The van der Waals surface area contributed by atoms with Gasteiger partial charge in [-0.2, -0.15) is 0 Å². The average Bonchev–Trinajstić information content (AvgIpc) is 2.81. The fourth-order valence-corrected chi connectivity index (χ4v) is 2.67. The van der Waals surface area contributed by atoms with Crippen molar-refractivity contribution in [2.24, 2.45) is 0 Å². The fourth-order valence-electron chi connectivity index (χ4n) is 2.02. The van der Waals surface area contributed by atoms with Crippen LogP contribution in [-0.4, -0.2) is 22.7 Å². The molecule has 1 aromatic heterocycles. The van der Waals surface area contributed by atoms with Gasteiger partial charge in [-0.15, -0.1) is 0 Å². The number of nitrogens with zero attached hydrogens (tertiary/aromatic N) is 1. The molecule has 0 unspecified atom stereocenters. The van der Waals surface area contributed by atoms with Crippen molar-refractivity contribution in [1.82, 2.24) is 10.3 Å². The quantitative estimate of drug-likeness (QED) is 0.835. The number of amides is 1. The molecule has 0 aliphatic heterocycles. The van der Waals surface area contributed by atoms with Crippen molar-refractivity contribution in [2.45, 2.75) is 43.7 Å². The molecule has 0 radical (unpaired) electrons. The minimum atomic E-state index is 0.129. The molecule has 1 aromatic rings. The Morgan fingerprint density at radius 2 is 2.24 bits per heavy atom. The SMILES string of the molecule is Cc1ccc(SCC(=O)NC2CCCC2)nc1. The van der Waals surface area contributed by atoms with E-state index in [9.17, 15) is 4.79 Å². The maximum Gasteiger partial charge on any atom is 0.230 e. The summed E-state index contributed by atoms with van der Waals surface area (Å²) in [5.41, 5.74) is 1.14. The molecule has 1 N–H and O–H groups in total. The molecular weight excluding hydrogens is 232 g/mol. The first-order valence-corrected chi connectivity index (χ1v) is 7.07. The molecule has 1 amide bonds. The maximum absolute atomic E-state index is 11.7. The fraction of sp³-hybridized carbons (Fsp3) is 0.538. The summed E-state index contributed by atoms with van der Waals surface area (Å²) in [7, 11) is 0.